The smallest absolute Gasteiger partial charge is 0.178 e. The molecule has 7 rings (SSSR count). The summed E-state index contributed by atoms with van der Waals surface area (Å²) in [6.07, 6.45) is 9.58. The molecule has 3 saturated heterocycles. The molecule has 2 N–H and O–H groups in total. The molecule has 5 heterocycles. The molecule has 230 valence electrons. The normalized spacial score (nSPS) is 21.2. The highest BCUT2D eigenvalue weighted by molar-refractivity contribution is 6.30. The lowest BCUT2D eigenvalue weighted by Gasteiger charge is -2.39. The highest BCUT2D eigenvalue weighted by atomic mass is 35.5. The Bertz CT molecular complexity index is 1610. The van der Waals surface area contributed by atoms with Crippen molar-refractivity contribution in [2.24, 2.45) is 0 Å². The van der Waals surface area contributed by atoms with Crippen molar-refractivity contribution in [1.29, 1.82) is 0 Å². The second-order valence-corrected chi connectivity index (χ2v) is 13.2. The third-order valence-electron chi connectivity index (χ3n) is 9.88. The number of benzene rings is 2. The monoisotopic (exact) mass is 613 g/mol. The van der Waals surface area contributed by atoms with Crippen LogP contribution >= 0.6 is 11.6 Å². The lowest BCUT2D eigenvalue weighted by molar-refractivity contribution is -0.0612. The van der Waals surface area contributed by atoms with Crippen LogP contribution in [0.25, 0.3) is 5.65 Å². The third kappa shape index (κ3) is 6.13. The molecule has 1 atom stereocenters. The van der Waals surface area contributed by atoms with Gasteiger partial charge in [0, 0.05) is 42.7 Å². The van der Waals surface area contributed by atoms with Crippen LogP contribution in [-0.2, 0) is 16.8 Å². The van der Waals surface area contributed by atoms with E-state index in [2.05, 4.69) is 16.3 Å². The number of Topliss-reactive ketones (excluding diaryl/α,β-unsaturated/α-hetero) is 1. The van der Waals surface area contributed by atoms with Crippen LogP contribution in [0.4, 0.5) is 5.69 Å². The maximum Gasteiger partial charge on any atom is 0.178 e. The van der Waals surface area contributed by atoms with E-state index in [1.807, 2.05) is 65.3 Å². The minimum absolute atomic E-state index is 0.0461. The number of carbonyl (C=O) groups excluding carboxylic acids is 1. The number of ketones is 1. The number of carbonyl (C=O) groups is 1. The van der Waals surface area contributed by atoms with Crippen LogP contribution in [0.1, 0.15) is 78.7 Å². The number of aliphatic hydroxyl groups is 1. The van der Waals surface area contributed by atoms with Gasteiger partial charge in [0.1, 0.15) is 0 Å². The minimum Gasteiger partial charge on any atom is -0.385 e. The quantitative estimate of drug-likeness (QED) is 0.245. The van der Waals surface area contributed by atoms with Gasteiger partial charge in [0.15, 0.2) is 17.3 Å². The van der Waals surface area contributed by atoms with Gasteiger partial charge in [-0.25, -0.2) is 9.50 Å². The van der Waals surface area contributed by atoms with E-state index in [1.54, 1.807) is 0 Å². The number of nitrogens with one attached hydrogen (secondary N) is 1. The molecule has 3 aliphatic heterocycles. The van der Waals surface area contributed by atoms with Crippen molar-refractivity contribution >= 4 is 28.7 Å². The van der Waals surface area contributed by atoms with Crippen LogP contribution in [0.2, 0.25) is 5.02 Å². The summed E-state index contributed by atoms with van der Waals surface area (Å²) in [5.41, 5.74) is 3.73. The number of hydrogen-bond acceptors (Lipinski definition) is 7. The van der Waals surface area contributed by atoms with Crippen molar-refractivity contribution in [3.8, 4) is 0 Å². The fourth-order valence-corrected chi connectivity index (χ4v) is 7.33. The van der Waals surface area contributed by atoms with Gasteiger partial charge < -0.3 is 20.1 Å². The molecule has 0 radical (unpaired) electrons. The van der Waals surface area contributed by atoms with Crippen molar-refractivity contribution < 1.29 is 14.6 Å². The molecule has 0 aliphatic carbocycles. The first kappa shape index (κ1) is 29.4. The van der Waals surface area contributed by atoms with E-state index in [1.165, 1.54) is 0 Å². The number of hydrogen-bond donors (Lipinski definition) is 2. The molecule has 2 aromatic carbocycles. The van der Waals surface area contributed by atoms with E-state index >= 15 is 0 Å². The topological polar surface area (TPSA) is 92.0 Å². The third-order valence-corrected chi connectivity index (χ3v) is 10.1. The Kier molecular flexibility index (Phi) is 8.18. The van der Waals surface area contributed by atoms with Crippen molar-refractivity contribution in [2.45, 2.75) is 75.1 Å². The number of pyridine rings is 1. The van der Waals surface area contributed by atoms with Crippen LogP contribution in [-0.4, -0.2) is 63.4 Å². The van der Waals surface area contributed by atoms with E-state index in [4.69, 9.17) is 26.4 Å². The van der Waals surface area contributed by atoms with Crippen molar-refractivity contribution in [3.63, 3.8) is 0 Å². The minimum atomic E-state index is -0.863. The summed E-state index contributed by atoms with van der Waals surface area (Å²) in [4.78, 5) is 20.1. The molecule has 0 bridgehead atoms. The van der Waals surface area contributed by atoms with Crippen molar-refractivity contribution in [1.82, 2.24) is 19.9 Å². The molecule has 0 amide bonds. The first-order chi connectivity index (χ1) is 21.4. The van der Waals surface area contributed by atoms with Crippen LogP contribution < -0.4 is 10.2 Å². The largest absolute Gasteiger partial charge is 0.385 e. The van der Waals surface area contributed by atoms with Crippen LogP contribution in [0.15, 0.2) is 66.9 Å². The molecule has 1 unspecified atom stereocenters. The Morgan fingerprint density at radius 2 is 1.75 bits per heavy atom. The van der Waals surface area contributed by atoms with E-state index in [9.17, 15) is 9.90 Å². The predicted molar refractivity (Wildman–Crippen MR) is 172 cm³/mol. The zero-order chi connectivity index (χ0) is 30.1. The van der Waals surface area contributed by atoms with E-state index in [0.717, 1.165) is 79.0 Å². The van der Waals surface area contributed by atoms with Crippen LogP contribution in [0.3, 0.4) is 0 Å². The summed E-state index contributed by atoms with van der Waals surface area (Å²) in [5, 5.41) is 20.2. The first-order valence-electron chi connectivity index (χ1n) is 16.0. The molecule has 3 fully saturated rings. The van der Waals surface area contributed by atoms with Gasteiger partial charge in [0.05, 0.1) is 23.0 Å². The lowest BCUT2D eigenvalue weighted by atomic mass is 9.84. The Labute approximate surface area is 263 Å². The molecule has 8 nitrogen and oxygen atoms in total. The van der Waals surface area contributed by atoms with Gasteiger partial charge in [0.25, 0.3) is 0 Å². The lowest BCUT2D eigenvalue weighted by Crippen LogP contribution is -2.42. The van der Waals surface area contributed by atoms with Gasteiger partial charge in [-0.05, 0) is 93.4 Å². The molecule has 0 saturated carbocycles. The average Bonchev–Trinajstić information content (AvgIpc) is 3.64. The highest BCUT2D eigenvalue weighted by Crippen LogP contribution is 2.39. The Morgan fingerprint density at radius 1 is 1.00 bits per heavy atom. The van der Waals surface area contributed by atoms with E-state index < -0.39 is 5.60 Å². The molecule has 44 heavy (non-hydrogen) atoms. The number of anilines is 1. The Hall–Kier alpha value is -3.30. The maximum absolute atomic E-state index is 13.0. The number of aromatic nitrogens is 3. The zero-order valence-corrected chi connectivity index (χ0v) is 25.8. The van der Waals surface area contributed by atoms with E-state index in [-0.39, 0.29) is 17.5 Å². The summed E-state index contributed by atoms with van der Waals surface area (Å²) >= 11 is 6.06. The molecule has 1 spiro atoms. The fraction of sp³-hybridized carbons (Fsp3) is 0.457. The van der Waals surface area contributed by atoms with Crippen molar-refractivity contribution in [2.75, 3.05) is 31.1 Å². The van der Waals surface area contributed by atoms with Gasteiger partial charge in [-0.1, -0.05) is 48.0 Å². The number of piperidine rings is 2. The van der Waals surface area contributed by atoms with Crippen LogP contribution in [0.5, 0.6) is 0 Å². The fourth-order valence-electron chi connectivity index (χ4n) is 7.20. The first-order valence-corrected chi connectivity index (χ1v) is 16.3. The number of nitrogens with zero attached hydrogens (tertiary/aromatic N) is 4. The van der Waals surface area contributed by atoms with Gasteiger partial charge in [0.2, 0.25) is 0 Å². The zero-order valence-electron chi connectivity index (χ0n) is 25.1. The summed E-state index contributed by atoms with van der Waals surface area (Å²) in [7, 11) is 0. The SMILES string of the molecule is O=C(CCC1CCC2(CCNCC2)O1)c1ccc(Cc2nc3c(N4CCC(O)(c5ccc(Cl)cc5)CC4)cccn3n2)cc1. The van der Waals surface area contributed by atoms with E-state index in [0.29, 0.717) is 43.8 Å². The number of ether oxygens (including phenoxy) is 1. The highest BCUT2D eigenvalue weighted by Gasteiger charge is 2.40. The summed E-state index contributed by atoms with van der Waals surface area (Å²) < 4.78 is 8.27. The second kappa shape index (κ2) is 12.2. The van der Waals surface area contributed by atoms with Gasteiger partial charge >= 0.3 is 0 Å². The maximum atomic E-state index is 13.0. The van der Waals surface area contributed by atoms with Crippen LogP contribution in [0, 0.1) is 0 Å². The Balaban J connectivity index is 0.959. The standard InChI is InChI=1S/C35H40ClN5O3/c36-28-9-7-27(8-10-28)35(43)17-22-40(23-18-35)30-2-1-21-41-33(30)38-32(39-41)24-25-3-5-26(6-4-25)31(42)12-11-29-13-14-34(44-29)15-19-37-20-16-34/h1-10,21,29,37,43H,11-20,22-24H2. The summed E-state index contributed by atoms with van der Waals surface area (Å²) in [5.74, 6) is 0.905. The summed E-state index contributed by atoms with van der Waals surface area (Å²) in [6.45, 7) is 3.47. The molecule has 2 aromatic heterocycles. The average molecular weight is 614 g/mol. The number of halogens is 1. The molecular weight excluding hydrogens is 574 g/mol. The molecular formula is C35H40ClN5O3. The predicted octanol–water partition coefficient (Wildman–Crippen LogP) is 5.73. The Morgan fingerprint density at radius 3 is 2.50 bits per heavy atom. The summed E-state index contributed by atoms with van der Waals surface area (Å²) in [6, 6.07) is 19.4. The van der Waals surface area contributed by atoms with Crippen molar-refractivity contribution in [3.05, 3.63) is 94.4 Å². The number of fused-ring (bicyclic) bond motifs is 1. The number of rotatable bonds is 8. The van der Waals surface area contributed by atoms with Gasteiger partial charge in [-0.2, -0.15) is 5.10 Å². The van der Waals surface area contributed by atoms with Gasteiger partial charge in [-0.3, -0.25) is 4.79 Å². The molecule has 9 heteroatoms. The second-order valence-electron chi connectivity index (χ2n) is 12.8. The molecule has 4 aromatic rings. The molecule has 3 aliphatic rings. The van der Waals surface area contributed by atoms with Gasteiger partial charge in [-0.15, -0.1) is 0 Å².